The van der Waals surface area contributed by atoms with Crippen LogP contribution in [-0.2, 0) is 11.3 Å². The summed E-state index contributed by atoms with van der Waals surface area (Å²) in [5.41, 5.74) is 0.781. The zero-order valence-electron chi connectivity index (χ0n) is 17.6. The summed E-state index contributed by atoms with van der Waals surface area (Å²) < 4.78 is 35.1. The van der Waals surface area contributed by atoms with Crippen LogP contribution in [0, 0.1) is 5.92 Å². The zero-order valence-corrected chi connectivity index (χ0v) is 18.3. The van der Waals surface area contributed by atoms with Crippen LogP contribution in [0.4, 0.5) is 14.6 Å². The second-order valence-electron chi connectivity index (χ2n) is 7.38. The van der Waals surface area contributed by atoms with Gasteiger partial charge < -0.3 is 19.3 Å². The molecule has 31 heavy (non-hydrogen) atoms. The van der Waals surface area contributed by atoms with Crippen LogP contribution in [-0.4, -0.2) is 49.1 Å². The molecule has 0 saturated carbocycles. The van der Waals surface area contributed by atoms with Crippen LogP contribution in [0.25, 0.3) is 0 Å². The number of hydrogen-bond acceptors (Lipinski definition) is 5. The second kappa shape index (κ2) is 10.6. The van der Waals surface area contributed by atoms with Crippen molar-refractivity contribution in [1.82, 2.24) is 9.88 Å². The fourth-order valence-electron chi connectivity index (χ4n) is 3.69. The van der Waals surface area contributed by atoms with E-state index in [1.54, 1.807) is 37.2 Å². The minimum absolute atomic E-state index is 0.0160. The lowest BCUT2D eigenvalue weighted by Gasteiger charge is -2.34. The minimum Gasteiger partial charge on any atom is -0.490 e. The molecule has 3 rings (SSSR count). The second-order valence-corrected chi connectivity index (χ2v) is 7.82. The van der Waals surface area contributed by atoms with Crippen LogP contribution in [0.5, 0.6) is 11.5 Å². The van der Waals surface area contributed by atoms with E-state index in [1.165, 1.54) is 6.07 Å². The summed E-state index contributed by atoms with van der Waals surface area (Å²) in [6.07, 6.45) is 3.09. The fourth-order valence-corrected chi connectivity index (χ4v) is 3.80. The summed E-state index contributed by atoms with van der Waals surface area (Å²) in [6.45, 7) is 0.995. The van der Waals surface area contributed by atoms with Crippen LogP contribution < -0.4 is 14.4 Å². The van der Waals surface area contributed by atoms with Gasteiger partial charge in [0.05, 0.1) is 11.6 Å². The summed E-state index contributed by atoms with van der Waals surface area (Å²) >= 11 is 5.90. The molecule has 1 amide bonds. The van der Waals surface area contributed by atoms with E-state index >= 15 is 0 Å². The number of halogens is 3. The maximum Gasteiger partial charge on any atom is 0.387 e. The Morgan fingerprint density at radius 1 is 1.26 bits per heavy atom. The molecule has 1 aromatic heterocycles. The number of carbonyl (C=O) groups excluding carboxylic acids is 1. The van der Waals surface area contributed by atoms with Gasteiger partial charge in [0.2, 0.25) is 5.91 Å². The Morgan fingerprint density at radius 2 is 2.00 bits per heavy atom. The molecule has 1 aliphatic heterocycles. The fraction of sp³-hybridized carbons (Fsp3) is 0.455. The van der Waals surface area contributed by atoms with Crippen molar-refractivity contribution in [3.63, 3.8) is 0 Å². The van der Waals surface area contributed by atoms with Crippen LogP contribution in [0.3, 0.4) is 0 Å². The molecule has 0 aliphatic carbocycles. The molecule has 1 saturated heterocycles. The Bertz CT molecular complexity index is 875. The third kappa shape index (κ3) is 6.19. The highest BCUT2D eigenvalue weighted by atomic mass is 35.5. The number of hydrogen-bond donors (Lipinski definition) is 0. The van der Waals surface area contributed by atoms with Crippen molar-refractivity contribution in [2.45, 2.75) is 32.9 Å². The van der Waals surface area contributed by atoms with Gasteiger partial charge in [-0.1, -0.05) is 17.7 Å². The van der Waals surface area contributed by atoms with Gasteiger partial charge in [-0.3, -0.25) is 4.79 Å². The summed E-state index contributed by atoms with van der Waals surface area (Å²) in [4.78, 5) is 21.1. The molecule has 168 valence electrons. The van der Waals surface area contributed by atoms with Gasteiger partial charge in [-0.15, -0.1) is 0 Å². The summed E-state index contributed by atoms with van der Waals surface area (Å²) in [5.74, 6) is 1.08. The van der Waals surface area contributed by atoms with E-state index in [1.807, 2.05) is 12.1 Å². The molecule has 0 bridgehead atoms. The molecule has 0 atom stereocenters. The van der Waals surface area contributed by atoms with Gasteiger partial charge in [0, 0.05) is 38.8 Å². The number of aromatic nitrogens is 1. The molecule has 1 aliphatic rings. The van der Waals surface area contributed by atoms with Gasteiger partial charge in [-0.05, 0) is 49.6 Å². The maximum absolute atomic E-state index is 12.9. The quantitative estimate of drug-likeness (QED) is 0.584. The lowest BCUT2D eigenvalue weighted by Crippen LogP contribution is -2.41. The molecule has 1 fully saturated rings. The zero-order chi connectivity index (χ0) is 22.4. The lowest BCUT2D eigenvalue weighted by molar-refractivity contribution is -0.135. The first-order valence-corrected chi connectivity index (χ1v) is 10.6. The molecule has 0 unspecified atom stereocenters. The number of benzene rings is 1. The van der Waals surface area contributed by atoms with Crippen molar-refractivity contribution in [2.75, 3.05) is 31.6 Å². The molecule has 0 N–H and O–H groups in total. The highest BCUT2D eigenvalue weighted by molar-refractivity contribution is 6.30. The minimum atomic E-state index is -2.93. The molecular formula is C22H26ClF2N3O3. The number of alkyl halides is 2. The van der Waals surface area contributed by atoms with Crippen LogP contribution in [0.2, 0.25) is 5.02 Å². The monoisotopic (exact) mass is 453 g/mol. The first-order chi connectivity index (χ1) is 14.9. The summed E-state index contributed by atoms with van der Waals surface area (Å²) in [6, 6.07) is 8.44. The number of anilines is 1. The van der Waals surface area contributed by atoms with Crippen molar-refractivity contribution in [3.05, 3.63) is 47.1 Å². The topological polar surface area (TPSA) is 54.9 Å². The van der Waals surface area contributed by atoms with E-state index in [2.05, 4.69) is 14.6 Å². The highest BCUT2D eigenvalue weighted by Crippen LogP contribution is 2.31. The van der Waals surface area contributed by atoms with Gasteiger partial charge in [0.1, 0.15) is 5.82 Å². The van der Waals surface area contributed by atoms with E-state index in [4.69, 9.17) is 16.3 Å². The Kier molecular flexibility index (Phi) is 7.90. The Hall–Kier alpha value is -2.61. The van der Waals surface area contributed by atoms with E-state index in [9.17, 15) is 13.6 Å². The van der Waals surface area contributed by atoms with E-state index in [-0.39, 0.29) is 23.3 Å². The van der Waals surface area contributed by atoms with E-state index in [0.717, 1.165) is 37.3 Å². The summed E-state index contributed by atoms with van der Waals surface area (Å²) in [5, 5.41) is 0.594. The molecule has 2 aromatic rings. The van der Waals surface area contributed by atoms with Crippen molar-refractivity contribution < 1.29 is 23.0 Å². The van der Waals surface area contributed by atoms with Crippen molar-refractivity contribution >= 4 is 23.3 Å². The average molecular weight is 454 g/mol. The van der Waals surface area contributed by atoms with Gasteiger partial charge in [-0.25, -0.2) is 4.98 Å². The predicted molar refractivity (Wildman–Crippen MR) is 115 cm³/mol. The molecular weight excluding hydrogens is 428 g/mol. The number of amides is 1. The third-order valence-corrected chi connectivity index (χ3v) is 5.42. The van der Waals surface area contributed by atoms with Gasteiger partial charge in [0.25, 0.3) is 0 Å². The smallest absolute Gasteiger partial charge is 0.387 e. The molecule has 0 radical (unpaired) electrons. The highest BCUT2D eigenvalue weighted by Gasteiger charge is 2.28. The molecule has 6 nitrogen and oxygen atoms in total. The van der Waals surface area contributed by atoms with Crippen LogP contribution >= 0.6 is 11.6 Å². The number of pyridine rings is 1. The molecule has 1 aromatic carbocycles. The number of piperidine rings is 1. The standard InChI is InChI=1S/C22H26ClF2N3O3/c1-3-30-19-12-15(4-6-18(19)31-22(24)25)14-27(2)21(29)16-8-10-28(11-9-16)20-7-5-17(23)13-26-20/h4-7,12-13,16,22H,3,8-11,14H2,1-2H3. The van der Waals surface area contributed by atoms with Crippen molar-refractivity contribution in [3.8, 4) is 11.5 Å². The maximum atomic E-state index is 12.9. The molecule has 9 heteroatoms. The number of nitrogens with zero attached hydrogens (tertiary/aromatic N) is 3. The number of carbonyl (C=O) groups is 1. The third-order valence-electron chi connectivity index (χ3n) is 5.20. The van der Waals surface area contributed by atoms with Crippen molar-refractivity contribution in [1.29, 1.82) is 0 Å². The largest absolute Gasteiger partial charge is 0.490 e. The van der Waals surface area contributed by atoms with Gasteiger partial charge in [-0.2, -0.15) is 8.78 Å². The first kappa shape index (κ1) is 23.1. The summed E-state index contributed by atoms with van der Waals surface area (Å²) in [7, 11) is 1.75. The normalized spacial score (nSPS) is 14.6. The predicted octanol–water partition coefficient (Wildman–Crippen LogP) is 4.61. The SMILES string of the molecule is CCOc1cc(CN(C)C(=O)C2CCN(c3ccc(Cl)cn3)CC2)ccc1OC(F)F. The Balaban J connectivity index is 1.58. The Morgan fingerprint density at radius 3 is 2.61 bits per heavy atom. The van der Waals surface area contributed by atoms with Crippen LogP contribution in [0.1, 0.15) is 25.3 Å². The average Bonchev–Trinajstić information content (AvgIpc) is 2.75. The molecule has 2 heterocycles. The van der Waals surface area contributed by atoms with Gasteiger partial charge in [0.15, 0.2) is 11.5 Å². The van der Waals surface area contributed by atoms with Crippen molar-refractivity contribution in [2.24, 2.45) is 5.92 Å². The number of rotatable bonds is 8. The lowest BCUT2D eigenvalue weighted by atomic mass is 9.95. The van der Waals surface area contributed by atoms with Crippen LogP contribution in [0.15, 0.2) is 36.5 Å². The first-order valence-electron chi connectivity index (χ1n) is 10.2. The van der Waals surface area contributed by atoms with Gasteiger partial charge >= 0.3 is 6.61 Å². The van der Waals surface area contributed by atoms with E-state index in [0.29, 0.717) is 18.2 Å². The number of ether oxygens (including phenoxy) is 2. The Labute approximate surface area is 185 Å². The van der Waals surface area contributed by atoms with E-state index < -0.39 is 6.61 Å². The molecule has 0 spiro atoms.